The highest BCUT2D eigenvalue weighted by atomic mass is 32.2. The molecule has 0 unspecified atom stereocenters. The fourth-order valence-corrected chi connectivity index (χ4v) is 2.48. The molecule has 0 fully saturated rings. The van der Waals surface area contributed by atoms with Crippen LogP contribution >= 0.6 is 11.8 Å². The minimum atomic E-state index is 0.767. The van der Waals surface area contributed by atoms with Gasteiger partial charge in [0.1, 0.15) is 0 Å². The number of thioether (sulfide) groups is 1. The molecule has 0 amide bonds. The van der Waals surface area contributed by atoms with E-state index in [0.29, 0.717) is 0 Å². The van der Waals surface area contributed by atoms with Crippen molar-refractivity contribution in [2.75, 3.05) is 26.0 Å². The zero-order valence-corrected chi connectivity index (χ0v) is 11.9. The van der Waals surface area contributed by atoms with E-state index in [1.807, 2.05) is 11.8 Å². The molecule has 1 aromatic carbocycles. The summed E-state index contributed by atoms with van der Waals surface area (Å²) in [6.07, 6.45) is 1.23. The van der Waals surface area contributed by atoms with Crippen LogP contribution in [0.2, 0.25) is 0 Å². The SMILES string of the molecule is CCCSc1ccc(CNCCOC)cc1C. The van der Waals surface area contributed by atoms with Crippen molar-refractivity contribution in [1.29, 1.82) is 0 Å². The molecule has 0 aliphatic heterocycles. The fourth-order valence-electron chi connectivity index (χ4n) is 1.60. The van der Waals surface area contributed by atoms with Gasteiger partial charge in [0.15, 0.2) is 0 Å². The molecule has 0 atom stereocenters. The number of methoxy groups -OCH3 is 1. The second-order valence-electron chi connectivity index (χ2n) is 4.12. The minimum absolute atomic E-state index is 0.767. The third kappa shape index (κ3) is 5.57. The molecule has 0 heterocycles. The smallest absolute Gasteiger partial charge is 0.0587 e. The summed E-state index contributed by atoms with van der Waals surface area (Å²) in [7, 11) is 1.73. The Bertz CT molecular complexity index is 328. The molecule has 0 radical (unpaired) electrons. The molecule has 0 aliphatic carbocycles. The van der Waals surface area contributed by atoms with Crippen LogP contribution in [0.15, 0.2) is 23.1 Å². The van der Waals surface area contributed by atoms with Crippen LogP contribution in [0, 0.1) is 6.92 Å². The van der Waals surface area contributed by atoms with Gasteiger partial charge in [0.2, 0.25) is 0 Å². The summed E-state index contributed by atoms with van der Waals surface area (Å²) in [5.74, 6) is 1.20. The van der Waals surface area contributed by atoms with Crippen LogP contribution in [0.25, 0.3) is 0 Å². The molecule has 0 aromatic heterocycles. The van der Waals surface area contributed by atoms with E-state index < -0.39 is 0 Å². The summed E-state index contributed by atoms with van der Waals surface area (Å²) >= 11 is 1.95. The van der Waals surface area contributed by atoms with Crippen LogP contribution in [0.1, 0.15) is 24.5 Å². The zero-order valence-electron chi connectivity index (χ0n) is 11.1. The number of hydrogen-bond donors (Lipinski definition) is 1. The van der Waals surface area contributed by atoms with E-state index in [9.17, 15) is 0 Å². The number of nitrogens with one attached hydrogen (secondary N) is 1. The summed E-state index contributed by atoms with van der Waals surface area (Å²) < 4.78 is 5.00. The Balaban J connectivity index is 2.44. The molecule has 0 spiro atoms. The molecule has 3 heteroatoms. The molecule has 96 valence electrons. The summed E-state index contributed by atoms with van der Waals surface area (Å²) in [5, 5.41) is 3.36. The summed E-state index contributed by atoms with van der Waals surface area (Å²) in [6.45, 7) is 7.00. The van der Waals surface area contributed by atoms with E-state index in [1.54, 1.807) is 7.11 Å². The lowest BCUT2D eigenvalue weighted by molar-refractivity contribution is 0.199. The molecule has 0 aliphatic rings. The van der Waals surface area contributed by atoms with Crippen LogP contribution in [0.3, 0.4) is 0 Å². The normalized spacial score (nSPS) is 10.8. The number of ether oxygens (including phenoxy) is 1. The average molecular weight is 253 g/mol. The van der Waals surface area contributed by atoms with Crippen molar-refractivity contribution in [2.24, 2.45) is 0 Å². The standard InChI is InChI=1S/C14H23NOS/c1-4-9-17-14-6-5-13(10-12(14)2)11-15-7-8-16-3/h5-6,10,15H,4,7-9,11H2,1-3H3. The van der Waals surface area contributed by atoms with Gasteiger partial charge in [-0.3, -0.25) is 0 Å². The molecule has 0 saturated heterocycles. The topological polar surface area (TPSA) is 21.3 Å². The van der Waals surface area contributed by atoms with E-state index in [2.05, 4.69) is 37.4 Å². The van der Waals surface area contributed by atoms with Crippen molar-refractivity contribution >= 4 is 11.8 Å². The molecule has 2 nitrogen and oxygen atoms in total. The van der Waals surface area contributed by atoms with Gasteiger partial charge >= 0.3 is 0 Å². The molecule has 0 saturated carbocycles. The molecular weight excluding hydrogens is 230 g/mol. The van der Waals surface area contributed by atoms with Gasteiger partial charge in [0.05, 0.1) is 6.61 Å². The minimum Gasteiger partial charge on any atom is -0.383 e. The van der Waals surface area contributed by atoms with Gasteiger partial charge in [0, 0.05) is 25.1 Å². The Morgan fingerprint density at radius 1 is 1.35 bits per heavy atom. The van der Waals surface area contributed by atoms with Crippen LogP contribution in [0.4, 0.5) is 0 Å². The maximum Gasteiger partial charge on any atom is 0.0587 e. The Hall–Kier alpha value is -0.510. The monoisotopic (exact) mass is 253 g/mol. The third-order valence-corrected chi connectivity index (χ3v) is 3.89. The summed E-state index contributed by atoms with van der Waals surface area (Å²) in [5.41, 5.74) is 2.73. The lowest BCUT2D eigenvalue weighted by Crippen LogP contribution is -2.18. The Morgan fingerprint density at radius 3 is 2.82 bits per heavy atom. The molecule has 17 heavy (non-hydrogen) atoms. The first-order valence-corrected chi connectivity index (χ1v) is 7.18. The highest BCUT2D eigenvalue weighted by Crippen LogP contribution is 2.23. The highest BCUT2D eigenvalue weighted by molar-refractivity contribution is 7.99. The molecule has 1 aromatic rings. The Kier molecular flexibility index (Phi) is 7.33. The van der Waals surface area contributed by atoms with Crippen molar-refractivity contribution in [3.63, 3.8) is 0 Å². The largest absolute Gasteiger partial charge is 0.383 e. The maximum absolute atomic E-state index is 5.00. The number of benzene rings is 1. The second kappa shape index (κ2) is 8.56. The first kappa shape index (κ1) is 14.6. The molecule has 1 rings (SSSR count). The number of rotatable bonds is 8. The van der Waals surface area contributed by atoms with E-state index in [-0.39, 0.29) is 0 Å². The van der Waals surface area contributed by atoms with Gasteiger partial charge < -0.3 is 10.1 Å². The van der Waals surface area contributed by atoms with E-state index in [1.165, 1.54) is 28.2 Å². The number of hydrogen-bond acceptors (Lipinski definition) is 3. The molecule has 0 bridgehead atoms. The first-order valence-electron chi connectivity index (χ1n) is 6.20. The van der Waals surface area contributed by atoms with Crippen molar-refractivity contribution in [3.8, 4) is 0 Å². The summed E-state index contributed by atoms with van der Waals surface area (Å²) in [4.78, 5) is 1.41. The maximum atomic E-state index is 5.00. The van der Waals surface area contributed by atoms with Crippen molar-refractivity contribution in [3.05, 3.63) is 29.3 Å². The highest BCUT2D eigenvalue weighted by Gasteiger charge is 2.00. The van der Waals surface area contributed by atoms with Crippen molar-refractivity contribution in [1.82, 2.24) is 5.32 Å². The average Bonchev–Trinajstić information content (AvgIpc) is 2.34. The number of aryl methyl sites for hydroxylation is 1. The first-order chi connectivity index (χ1) is 8.27. The Morgan fingerprint density at radius 2 is 2.18 bits per heavy atom. The summed E-state index contributed by atoms with van der Waals surface area (Å²) in [6, 6.07) is 6.73. The van der Waals surface area contributed by atoms with Gasteiger partial charge in [-0.05, 0) is 36.3 Å². The molecular formula is C14H23NOS. The van der Waals surface area contributed by atoms with Crippen molar-refractivity contribution in [2.45, 2.75) is 31.7 Å². The van der Waals surface area contributed by atoms with Crippen LogP contribution in [-0.4, -0.2) is 26.0 Å². The third-order valence-electron chi connectivity index (χ3n) is 2.51. The van der Waals surface area contributed by atoms with Crippen LogP contribution < -0.4 is 5.32 Å². The fraction of sp³-hybridized carbons (Fsp3) is 0.571. The molecule has 1 N–H and O–H groups in total. The Labute approximate surface area is 109 Å². The van der Waals surface area contributed by atoms with E-state index in [4.69, 9.17) is 4.74 Å². The van der Waals surface area contributed by atoms with E-state index >= 15 is 0 Å². The van der Waals surface area contributed by atoms with Crippen LogP contribution in [-0.2, 0) is 11.3 Å². The van der Waals surface area contributed by atoms with Gasteiger partial charge in [-0.2, -0.15) is 0 Å². The van der Waals surface area contributed by atoms with Gasteiger partial charge in [-0.25, -0.2) is 0 Å². The zero-order chi connectivity index (χ0) is 12.5. The van der Waals surface area contributed by atoms with Crippen molar-refractivity contribution < 1.29 is 4.74 Å². The van der Waals surface area contributed by atoms with Gasteiger partial charge in [-0.1, -0.05) is 19.1 Å². The van der Waals surface area contributed by atoms with E-state index in [0.717, 1.165) is 19.7 Å². The predicted octanol–water partition coefficient (Wildman–Crippen LogP) is 3.23. The quantitative estimate of drug-likeness (QED) is 0.568. The van der Waals surface area contributed by atoms with Gasteiger partial charge in [0.25, 0.3) is 0 Å². The lowest BCUT2D eigenvalue weighted by Gasteiger charge is -2.09. The van der Waals surface area contributed by atoms with Crippen LogP contribution in [0.5, 0.6) is 0 Å². The lowest BCUT2D eigenvalue weighted by atomic mass is 10.1. The predicted molar refractivity (Wildman–Crippen MR) is 75.8 cm³/mol. The second-order valence-corrected chi connectivity index (χ2v) is 5.25. The van der Waals surface area contributed by atoms with Gasteiger partial charge in [-0.15, -0.1) is 11.8 Å².